The Hall–Kier alpha value is 1.19. The molecule has 0 saturated carbocycles. The molecule has 5 heavy (non-hydrogen) atoms. The molecule has 0 aliphatic heterocycles. The van der Waals surface area contributed by atoms with Gasteiger partial charge in [-0.2, -0.15) is 3.89 Å². The van der Waals surface area contributed by atoms with E-state index >= 15 is 0 Å². The second-order valence-corrected chi connectivity index (χ2v) is 3.71. The smallest absolute Gasteiger partial charge is 0.0524 e. The van der Waals surface area contributed by atoms with Crippen LogP contribution in [0.1, 0.15) is 0 Å². The highest BCUT2D eigenvalue weighted by Gasteiger charge is 1.74. The van der Waals surface area contributed by atoms with E-state index in [4.69, 9.17) is 0 Å². The molecule has 0 fully saturated rings. The zero-order valence-corrected chi connectivity index (χ0v) is 5.77. The van der Waals surface area contributed by atoms with Crippen LogP contribution < -0.4 is 0 Å². The molecule has 0 radical (unpaired) electrons. The average molecular weight is 177 g/mol. The first-order valence-corrected chi connectivity index (χ1v) is 5.34. The fraction of sp³-hybridized carbons (Fsp3) is 1.00. The summed E-state index contributed by atoms with van der Waals surface area (Å²) in [6.45, 7) is 0. The second-order valence-electron chi connectivity index (χ2n) is 0.387. The van der Waals surface area contributed by atoms with Crippen molar-refractivity contribution in [3.8, 4) is 0 Å². The SMILES string of the molecule is FSCPBr. The van der Waals surface area contributed by atoms with Crippen molar-refractivity contribution in [3.05, 3.63) is 0 Å². The summed E-state index contributed by atoms with van der Waals surface area (Å²) in [6.07, 6.45) is 0. The molecule has 0 aromatic rings. The molecule has 0 nitrogen and oxygen atoms in total. The normalized spacial score (nSPS) is 10.8. The van der Waals surface area contributed by atoms with Gasteiger partial charge in [0.25, 0.3) is 0 Å². The zero-order chi connectivity index (χ0) is 4.12. The molecule has 0 aromatic heterocycles. The first kappa shape index (κ1) is 6.19. The second kappa shape index (κ2) is 5.19. The van der Waals surface area contributed by atoms with Crippen LogP contribution in [-0.4, -0.2) is 5.49 Å². The Morgan fingerprint density at radius 1 is 2.00 bits per heavy atom. The van der Waals surface area contributed by atoms with E-state index in [0.717, 1.165) is 0 Å². The van der Waals surface area contributed by atoms with Crippen LogP contribution in [-0.2, 0) is 0 Å². The van der Waals surface area contributed by atoms with Crippen LogP contribution in [0.4, 0.5) is 3.89 Å². The first-order valence-electron chi connectivity index (χ1n) is 0.986. The third-order valence-corrected chi connectivity index (χ3v) is 3.04. The van der Waals surface area contributed by atoms with Gasteiger partial charge < -0.3 is 0 Å². The van der Waals surface area contributed by atoms with Crippen molar-refractivity contribution in [3.63, 3.8) is 0 Å². The minimum Gasteiger partial charge on any atom is -0.165 e. The summed E-state index contributed by atoms with van der Waals surface area (Å²) >= 11 is 3.44. The molecule has 0 N–H and O–H groups in total. The fourth-order valence-corrected chi connectivity index (χ4v) is 0.964. The first-order chi connectivity index (χ1) is 2.41. The lowest BCUT2D eigenvalue weighted by Crippen LogP contribution is -1.41. The maximum Gasteiger partial charge on any atom is 0.0524 e. The lowest BCUT2D eigenvalue weighted by Gasteiger charge is -1.73. The van der Waals surface area contributed by atoms with Crippen molar-refractivity contribution in [2.24, 2.45) is 0 Å². The number of rotatable bonds is 2. The van der Waals surface area contributed by atoms with Crippen LogP contribution in [0, 0.1) is 0 Å². The van der Waals surface area contributed by atoms with Gasteiger partial charge >= 0.3 is 0 Å². The Morgan fingerprint density at radius 3 is 2.60 bits per heavy atom. The fourth-order valence-electron chi connectivity index (χ4n) is 0.0206. The molecule has 32 valence electrons. The van der Waals surface area contributed by atoms with Gasteiger partial charge in [0.2, 0.25) is 0 Å². The summed E-state index contributed by atoms with van der Waals surface area (Å²) < 4.78 is 10.9. The Labute approximate surface area is 44.7 Å². The minimum absolute atomic E-state index is 0.367. The zero-order valence-electron chi connectivity index (χ0n) is 2.37. The quantitative estimate of drug-likeness (QED) is 0.584. The molecule has 1 atom stereocenters. The summed E-state index contributed by atoms with van der Waals surface area (Å²) in [4.78, 5) is 0. The predicted molar refractivity (Wildman–Crippen MR) is 30.8 cm³/mol. The topological polar surface area (TPSA) is 0 Å². The van der Waals surface area contributed by atoms with Crippen molar-refractivity contribution < 1.29 is 3.89 Å². The molecule has 0 aliphatic rings. The third kappa shape index (κ3) is 5.19. The summed E-state index contributed by atoms with van der Waals surface area (Å²) in [5.41, 5.74) is 0.583. The van der Waals surface area contributed by atoms with E-state index in [1.165, 1.54) is 0 Å². The molecular weight excluding hydrogens is 174 g/mol. The molecule has 4 heteroatoms. The highest BCUT2D eigenvalue weighted by molar-refractivity contribution is 9.37. The van der Waals surface area contributed by atoms with Gasteiger partial charge in [0.05, 0.1) is 5.49 Å². The molecular formula is CH3BrFPS. The molecule has 0 aromatic carbocycles. The Balaban J connectivity index is 2.19. The Bertz CT molecular complexity index is 19.1. The van der Waals surface area contributed by atoms with Crippen LogP contribution in [0.3, 0.4) is 0 Å². The van der Waals surface area contributed by atoms with Crippen molar-refractivity contribution in [2.45, 2.75) is 0 Å². The summed E-state index contributed by atoms with van der Waals surface area (Å²) in [6, 6.07) is 0. The van der Waals surface area contributed by atoms with Crippen molar-refractivity contribution in [2.75, 3.05) is 5.49 Å². The van der Waals surface area contributed by atoms with E-state index in [1.54, 1.807) is 0 Å². The van der Waals surface area contributed by atoms with Crippen LogP contribution in [0.2, 0.25) is 0 Å². The summed E-state index contributed by atoms with van der Waals surface area (Å²) in [7, 11) is 0.558. The third-order valence-electron chi connectivity index (χ3n) is 0.109. The molecule has 0 amide bonds. The maximum atomic E-state index is 10.9. The predicted octanol–water partition coefficient (Wildman–Crippen LogP) is 2.55. The van der Waals surface area contributed by atoms with E-state index in [2.05, 4.69) is 15.5 Å². The Kier molecular flexibility index (Phi) is 6.43. The van der Waals surface area contributed by atoms with Gasteiger partial charge in [-0.15, -0.1) is 0 Å². The lowest BCUT2D eigenvalue weighted by molar-refractivity contribution is 0.943. The monoisotopic (exact) mass is 176 g/mol. The molecule has 0 spiro atoms. The molecule has 0 bridgehead atoms. The van der Waals surface area contributed by atoms with Gasteiger partial charge in [-0.05, 0) is 7.28 Å². The molecule has 0 rings (SSSR count). The Morgan fingerprint density at radius 2 is 2.60 bits per heavy atom. The van der Waals surface area contributed by atoms with E-state index in [-0.39, 0.29) is 0 Å². The summed E-state index contributed by atoms with van der Waals surface area (Å²) in [5, 5.41) is 0. The van der Waals surface area contributed by atoms with Gasteiger partial charge in [0, 0.05) is 12.1 Å². The van der Waals surface area contributed by atoms with Crippen molar-refractivity contribution in [1.82, 2.24) is 0 Å². The van der Waals surface area contributed by atoms with Crippen molar-refractivity contribution in [1.29, 1.82) is 0 Å². The number of hydrogen-bond acceptors (Lipinski definition) is 1. The maximum absolute atomic E-state index is 10.9. The minimum atomic E-state index is 0.367. The molecule has 0 heterocycles. The molecule has 0 saturated heterocycles. The van der Waals surface area contributed by atoms with E-state index in [0.29, 0.717) is 24.9 Å². The van der Waals surface area contributed by atoms with Gasteiger partial charge in [-0.3, -0.25) is 0 Å². The van der Waals surface area contributed by atoms with E-state index in [9.17, 15) is 3.89 Å². The lowest BCUT2D eigenvalue weighted by atomic mass is 11.9. The number of halogens is 2. The standard InChI is InChI=1S/CH3BrFPS/c2-4-1-5-3/h4H,1H2. The highest BCUT2D eigenvalue weighted by atomic mass is 79.9. The van der Waals surface area contributed by atoms with E-state index in [1.807, 2.05) is 0 Å². The van der Waals surface area contributed by atoms with Crippen LogP contribution in [0.15, 0.2) is 0 Å². The van der Waals surface area contributed by atoms with Crippen LogP contribution >= 0.6 is 34.9 Å². The molecule has 0 aliphatic carbocycles. The van der Waals surface area contributed by atoms with Gasteiger partial charge in [-0.25, -0.2) is 0 Å². The number of hydrogen-bond donors (Lipinski definition) is 0. The average Bonchev–Trinajstić information content (AvgIpc) is 1.41. The summed E-state index contributed by atoms with van der Waals surface area (Å²) in [5.74, 6) is 0. The largest absolute Gasteiger partial charge is 0.165 e. The van der Waals surface area contributed by atoms with Crippen molar-refractivity contribution >= 4 is 34.9 Å². The van der Waals surface area contributed by atoms with E-state index < -0.39 is 0 Å². The van der Waals surface area contributed by atoms with Crippen LogP contribution in [0.25, 0.3) is 0 Å². The van der Waals surface area contributed by atoms with Gasteiger partial charge in [-0.1, -0.05) is 15.5 Å². The van der Waals surface area contributed by atoms with Crippen LogP contribution in [0.5, 0.6) is 0 Å². The van der Waals surface area contributed by atoms with Gasteiger partial charge in [0.15, 0.2) is 0 Å². The molecule has 1 unspecified atom stereocenters. The highest BCUT2D eigenvalue weighted by Crippen LogP contribution is 2.25. The van der Waals surface area contributed by atoms with Gasteiger partial charge in [0.1, 0.15) is 0 Å².